The Labute approximate surface area is 68.2 Å². The molecule has 0 atom stereocenters. The van der Waals surface area contributed by atoms with Crippen molar-refractivity contribution in [2.45, 2.75) is 20.0 Å². The number of hydrogen-bond donors (Lipinski definition) is 0. The van der Waals surface area contributed by atoms with Crippen molar-refractivity contribution in [2.24, 2.45) is 0 Å². The molecule has 0 amide bonds. The zero-order chi connectivity index (χ0) is 9.35. The SMILES string of the molecule is Cc1[nH+]ccc(C(F)(F)F)c1C. The smallest absolute Gasteiger partial charge is 0.215 e. The van der Waals surface area contributed by atoms with Crippen molar-refractivity contribution in [1.29, 1.82) is 0 Å². The van der Waals surface area contributed by atoms with Gasteiger partial charge in [-0.05, 0) is 6.92 Å². The van der Waals surface area contributed by atoms with Crippen LogP contribution >= 0.6 is 0 Å². The van der Waals surface area contributed by atoms with Crippen LogP contribution in [0.3, 0.4) is 0 Å². The van der Waals surface area contributed by atoms with E-state index in [1.807, 2.05) is 0 Å². The minimum Gasteiger partial charge on any atom is -0.215 e. The summed E-state index contributed by atoms with van der Waals surface area (Å²) in [5, 5.41) is 0. The lowest BCUT2D eigenvalue weighted by atomic mass is 10.1. The first-order valence-electron chi connectivity index (χ1n) is 3.48. The Morgan fingerprint density at radius 1 is 1.25 bits per heavy atom. The molecule has 0 radical (unpaired) electrons. The summed E-state index contributed by atoms with van der Waals surface area (Å²) in [6, 6.07) is 1.04. The van der Waals surface area contributed by atoms with Crippen LogP contribution in [0, 0.1) is 13.8 Å². The van der Waals surface area contributed by atoms with Crippen LogP contribution in [0.25, 0.3) is 0 Å². The number of alkyl halides is 3. The van der Waals surface area contributed by atoms with Crippen molar-refractivity contribution in [3.8, 4) is 0 Å². The van der Waals surface area contributed by atoms with Gasteiger partial charge >= 0.3 is 6.18 Å². The second kappa shape index (κ2) is 2.77. The van der Waals surface area contributed by atoms with Gasteiger partial charge in [-0.1, -0.05) is 0 Å². The lowest BCUT2D eigenvalue weighted by Gasteiger charge is -2.07. The Kier molecular flexibility index (Phi) is 2.08. The molecule has 0 aliphatic carbocycles. The third-order valence-corrected chi connectivity index (χ3v) is 1.82. The van der Waals surface area contributed by atoms with Crippen LogP contribution in [-0.2, 0) is 6.18 Å². The molecule has 0 saturated carbocycles. The van der Waals surface area contributed by atoms with Gasteiger partial charge in [0, 0.05) is 18.6 Å². The first-order chi connectivity index (χ1) is 5.43. The maximum Gasteiger partial charge on any atom is 0.417 e. The molecule has 66 valence electrons. The molecule has 4 heteroatoms. The van der Waals surface area contributed by atoms with Gasteiger partial charge in [-0.15, -0.1) is 0 Å². The average Bonchev–Trinajstić information content (AvgIpc) is 1.92. The number of aromatic nitrogens is 1. The zero-order valence-electron chi connectivity index (χ0n) is 6.79. The first kappa shape index (κ1) is 9.03. The quantitative estimate of drug-likeness (QED) is 0.575. The summed E-state index contributed by atoms with van der Waals surface area (Å²) in [5.41, 5.74) is 0.230. The van der Waals surface area contributed by atoms with Gasteiger partial charge in [0.25, 0.3) is 0 Å². The third kappa shape index (κ3) is 1.57. The van der Waals surface area contributed by atoms with E-state index in [1.54, 1.807) is 6.92 Å². The monoisotopic (exact) mass is 176 g/mol. The van der Waals surface area contributed by atoms with Crippen molar-refractivity contribution < 1.29 is 18.2 Å². The summed E-state index contributed by atoms with van der Waals surface area (Å²) in [6.07, 6.45) is -2.95. The minimum absolute atomic E-state index is 0.255. The molecule has 1 aromatic rings. The summed E-state index contributed by atoms with van der Waals surface area (Å²) in [5.74, 6) is 0. The Bertz CT molecular complexity index is 291. The van der Waals surface area contributed by atoms with Crippen LogP contribution in [-0.4, -0.2) is 0 Å². The van der Waals surface area contributed by atoms with E-state index in [4.69, 9.17) is 0 Å². The van der Waals surface area contributed by atoms with E-state index in [-0.39, 0.29) is 5.56 Å². The number of hydrogen-bond acceptors (Lipinski definition) is 0. The predicted octanol–water partition coefficient (Wildman–Crippen LogP) is 2.14. The van der Waals surface area contributed by atoms with Crippen molar-refractivity contribution >= 4 is 0 Å². The highest BCUT2D eigenvalue weighted by Gasteiger charge is 2.33. The maximum absolute atomic E-state index is 12.2. The number of H-pyrrole nitrogens is 1. The highest BCUT2D eigenvalue weighted by molar-refractivity contribution is 5.27. The summed E-state index contributed by atoms with van der Waals surface area (Å²) in [7, 11) is 0. The number of rotatable bonds is 0. The van der Waals surface area contributed by atoms with Crippen molar-refractivity contribution in [3.05, 3.63) is 29.1 Å². The van der Waals surface area contributed by atoms with Gasteiger partial charge in [0.05, 0.1) is 5.56 Å². The molecule has 1 N–H and O–H groups in total. The highest BCUT2D eigenvalue weighted by Crippen LogP contribution is 2.31. The summed E-state index contributed by atoms with van der Waals surface area (Å²) in [6.45, 7) is 3.07. The molecule has 0 aliphatic rings. The van der Waals surface area contributed by atoms with E-state index >= 15 is 0 Å². The molecule has 0 spiro atoms. The van der Waals surface area contributed by atoms with Crippen molar-refractivity contribution in [2.75, 3.05) is 0 Å². The van der Waals surface area contributed by atoms with Gasteiger partial charge in [-0.25, -0.2) is 4.98 Å². The molecule has 1 rings (SSSR count). The predicted molar refractivity (Wildman–Crippen MR) is 37.5 cm³/mol. The molecule has 0 unspecified atom stereocenters. The molecule has 1 nitrogen and oxygen atoms in total. The van der Waals surface area contributed by atoms with Crippen LogP contribution in [0.4, 0.5) is 13.2 Å². The third-order valence-electron chi connectivity index (χ3n) is 1.82. The fourth-order valence-electron chi connectivity index (χ4n) is 0.992. The van der Waals surface area contributed by atoms with Crippen LogP contribution in [0.1, 0.15) is 16.8 Å². The Morgan fingerprint density at radius 2 is 1.83 bits per heavy atom. The summed E-state index contributed by atoms with van der Waals surface area (Å²) >= 11 is 0. The standard InChI is InChI=1S/C8H8F3N/c1-5-6(2)12-4-3-7(5)8(9,10)11/h3-4H,1-2H3/p+1. The molecule has 0 aliphatic heterocycles. The first-order valence-corrected chi connectivity index (χ1v) is 3.48. The van der Waals surface area contributed by atoms with E-state index in [0.29, 0.717) is 5.69 Å². The van der Waals surface area contributed by atoms with Gasteiger partial charge in [-0.2, -0.15) is 13.2 Å². The van der Waals surface area contributed by atoms with Gasteiger partial charge < -0.3 is 0 Å². The molecular formula is C8H9F3N+. The number of nitrogens with one attached hydrogen (secondary N) is 1. The lowest BCUT2D eigenvalue weighted by molar-refractivity contribution is -0.388. The molecule has 12 heavy (non-hydrogen) atoms. The van der Waals surface area contributed by atoms with Crippen LogP contribution in [0.5, 0.6) is 0 Å². The number of aryl methyl sites for hydroxylation is 1. The summed E-state index contributed by atoms with van der Waals surface area (Å²) < 4.78 is 36.6. The van der Waals surface area contributed by atoms with Crippen LogP contribution < -0.4 is 4.98 Å². The number of pyridine rings is 1. The van der Waals surface area contributed by atoms with Crippen LogP contribution in [0.2, 0.25) is 0 Å². The maximum atomic E-state index is 12.2. The molecule has 0 saturated heterocycles. The largest absolute Gasteiger partial charge is 0.417 e. The van der Waals surface area contributed by atoms with E-state index in [1.165, 1.54) is 13.1 Å². The topological polar surface area (TPSA) is 14.1 Å². The van der Waals surface area contributed by atoms with E-state index in [9.17, 15) is 13.2 Å². The second-order valence-corrected chi connectivity index (χ2v) is 2.64. The fourth-order valence-corrected chi connectivity index (χ4v) is 0.992. The minimum atomic E-state index is -4.25. The fraction of sp³-hybridized carbons (Fsp3) is 0.375. The number of halogens is 3. The highest BCUT2D eigenvalue weighted by atomic mass is 19.4. The Morgan fingerprint density at radius 3 is 2.25 bits per heavy atom. The molecule has 0 bridgehead atoms. The molecule has 1 aromatic heterocycles. The van der Waals surface area contributed by atoms with Crippen molar-refractivity contribution in [3.63, 3.8) is 0 Å². The van der Waals surface area contributed by atoms with Gasteiger partial charge in [0.1, 0.15) is 0 Å². The van der Waals surface area contributed by atoms with Gasteiger partial charge in [0.2, 0.25) is 0 Å². The Hall–Kier alpha value is -1.06. The second-order valence-electron chi connectivity index (χ2n) is 2.64. The van der Waals surface area contributed by atoms with Gasteiger partial charge in [-0.3, -0.25) is 0 Å². The van der Waals surface area contributed by atoms with Crippen LogP contribution in [0.15, 0.2) is 12.3 Å². The molecule has 0 aromatic carbocycles. The molecule has 0 fully saturated rings. The average molecular weight is 176 g/mol. The Balaban J connectivity index is 3.26. The molecule has 1 heterocycles. The zero-order valence-corrected chi connectivity index (χ0v) is 6.79. The summed E-state index contributed by atoms with van der Waals surface area (Å²) in [4.78, 5) is 2.71. The van der Waals surface area contributed by atoms with E-state index in [0.717, 1.165) is 6.07 Å². The lowest BCUT2D eigenvalue weighted by Crippen LogP contribution is -2.15. The van der Waals surface area contributed by atoms with Gasteiger partial charge in [0.15, 0.2) is 11.9 Å². The van der Waals surface area contributed by atoms with Crippen molar-refractivity contribution in [1.82, 2.24) is 0 Å². The number of aromatic amines is 1. The van der Waals surface area contributed by atoms with E-state index in [2.05, 4.69) is 4.98 Å². The molecular weight excluding hydrogens is 167 g/mol. The van der Waals surface area contributed by atoms with E-state index < -0.39 is 11.7 Å². The normalized spacial score (nSPS) is 11.8.